The molecule has 1 heterocycles. The van der Waals surface area contributed by atoms with Crippen LogP contribution in [0.25, 0.3) is 0 Å². The zero-order valence-electron chi connectivity index (χ0n) is 15.5. The van der Waals surface area contributed by atoms with Gasteiger partial charge in [-0.15, -0.1) is 0 Å². The SMILES string of the molecule is CC(=NNC(=O)c1ccccc1OCCOc1ccccc1)c1ccccn1. The van der Waals surface area contributed by atoms with Crippen molar-refractivity contribution in [1.82, 2.24) is 10.4 Å². The first-order chi connectivity index (χ1) is 13.7. The number of benzene rings is 2. The molecule has 142 valence electrons. The summed E-state index contributed by atoms with van der Waals surface area (Å²) in [6.45, 7) is 2.47. The van der Waals surface area contributed by atoms with E-state index in [2.05, 4.69) is 15.5 Å². The zero-order chi connectivity index (χ0) is 19.6. The second-order valence-electron chi connectivity index (χ2n) is 5.86. The van der Waals surface area contributed by atoms with E-state index in [1.807, 2.05) is 54.6 Å². The molecule has 0 unspecified atom stereocenters. The van der Waals surface area contributed by atoms with Crippen molar-refractivity contribution >= 4 is 11.6 Å². The Balaban J connectivity index is 1.57. The van der Waals surface area contributed by atoms with Gasteiger partial charge in [-0.2, -0.15) is 5.10 Å². The number of hydrazone groups is 1. The van der Waals surface area contributed by atoms with Crippen LogP contribution >= 0.6 is 0 Å². The van der Waals surface area contributed by atoms with Crippen molar-refractivity contribution in [3.63, 3.8) is 0 Å². The molecule has 6 heteroatoms. The van der Waals surface area contributed by atoms with E-state index in [-0.39, 0.29) is 5.91 Å². The predicted molar refractivity (Wildman–Crippen MR) is 108 cm³/mol. The molecular formula is C22H21N3O3. The number of para-hydroxylation sites is 2. The van der Waals surface area contributed by atoms with E-state index < -0.39 is 0 Å². The van der Waals surface area contributed by atoms with Crippen molar-refractivity contribution < 1.29 is 14.3 Å². The first-order valence-electron chi connectivity index (χ1n) is 8.90. The van der Waals surface area contributed by atoms with Crippen molar-refractivity contribution in [2.45, 2.75) is 6.92 Å². The third-order valence-electron chi connectivity index (χ3n) is 3.85. The lowest BCUT2D eigenvalue weighted by molar-refractivity contribution is 0.0949. The summed E-state index contributed by atoms with van der Waals surface area (Å²) in [7, 11) is 0. The van der Waals surface area contributed by atoms with E-state index in [1.165, 1.54) is 0 Å². The van der Waals surface area contributed by atoms with E-state index in [1.54, 1.807) is 31.3 Å². The molecule has 0 aliphatic carbocycles. The first-order valence-corrected chi connectivity index (χ1v) is 8.90. The summed E-state index contributed by atoms with van der Waals surface area (Å²) in [5, 5.41) is 4.12. The Bertz CT molecular complexity index is 928. The van der Waals surface area contributed by atoms with Crippen LogP contribution in [0.1, 0.15) is 23.0 Å². The lowest BCUT2D eigenvalue weighted by atomic mass is 10.2. The monoisotopic (exact) mass is 375 g/mol. The summed E-state index contributed by atoms with van der Waals surface area (Å²) < 4.78 is 11.3. The van der Waals surface area contributed by atoms with Crippen LogP contribution in [0.4, 0.5) is 0 Å². The number of ether oxygens (including phenoxy) is 2. The van der Waals surface area contributed by atoms with Crippen molar-refractivity contribution in [2.75, 3.05) is 13.2 Å². The summed E-state index contributed by atoms with van der Waals surface area (Å²) >= 11 is 0. The fourth-order valence-corrected chi connectivity index (χ4v) is 2.44. The Labute approximate surface area is 163 Å². The maximum atomic E-state index is 12.5. The molecular weight excluding hydrogens is 354 g/mol. The topological polar surface area (TPSA) is 72.8 Å². The molecule has 0 saturated heterocycles. The summed E-state index contributed by atoms with van der Waals surface area (Å²) in [6.07, 6.45) is 1.68. The molecule has 1 aromatic heterocycles. The molecule has 1 N–H and O–H groups in total. The summed E-state index contributed by atoms with van der Waals surface area (Å²) in [4.78, 5) is 16.7. The summed E-state index contributed by atoms with van der Waals surface area (Å²) in [6, 6.07) is 22.0. The van der Waals surface area contributed by atoms with Gasteiger partial charge in [-0.3, -0.25) is 9.78 Å². The average molecular weight is 375 g/mol. The Hall–Kier alpha value is -3.67. The molecule has 0 aliphatic rings. The second kappa shape index (κ2) is 9.87. The highest BCUT2D eigenvalue weighted by atomic mass is 16.5. The molecule has 0 bridgehead atoms. The zero-order valence-corrected chi connectivity index (χ0v) is 15.5. The van der Waals surface area contributed by atoms with E-state index in [0.29, 0.717) is 35.9 Å². The Morgan fingerprint density at radius 3 is 2.43 bits per heavy atom. The number of rotatable bonds is 8. The van der Waals surface area contributed by atoms with Crippen molar-refractivity contribution in [3.8, 4) is 11.5 Å². The van der Waals surface area contributed by atoms with Gasteiger partial charge >= 0.3 is 0 Å². The smallest absolute Gasteiger partial charge is 0.275 e. The van der Waals surface area contributed by atoms with Crippen molar-refractivity contribution in [2.24, 2.45) is 5.10 Å². The maximum Gasteiger partial charge on any atom is 0.275 e. The third-order valence-corrected chi connectivity index (χ3v) is 3.85. The number of pyridine rings is 1. The normalized spacial score (nSPS) is 11.0. The number of amides is 1. The molecule has 0 spiro atoms. The van der Waals surface area contributed by atoms with Gasteiger partial charge in [0.25, 0.3) is 5.91 Å². The highest BCUT2D eigenvalue weighted by molar-refractivity contribution is 6.00. The standard InChI is InChI=1S/C22H21N3O3/c1-17(20-12-7-8-14-23-20)24-25-22(26)19-11-5-6-13-21(19)28-16-15-27-18-9-3-2-4-10-18/h2-14H,15-16H2,1H3,(H,25,26). The molecule has 0 radical (unpaired) electrons. The molecule has 3 aromatic rings. The van der Waals surface area contributed by atoms with Gasteiger partial charge in [0.1, 0.15) is 24.7 Å². The van der Waals surface area contributed by atoms with E-state index in [4.69, 9.17) is 9.47 Å². The third kappa shape index (κ3) is 5.41. The summed E-state index contributed by atoms with van der Waals surface area (Å²) in [5.74, 6) is 0.897. The molecule has 6 nitrogen and oxygen atoms in total. The number of hydrogen-bond acceptors (Lipinski definition) is 5. The van der Waals surface area contributed by atoms with Crippen LogP contribution in [0.3, 0.4) is 0 Å². The number of nitrogens with zero attached hydrogens (tertiary/aromatic N) is 2. The quantitative estimate of drug-likeness (QED) is 0.370. The van der Waals surface area contributed by atoms with Gasteiger partial charge in [0.05, 0.1) is 17.0 Å². The lowest BCUT2D eigenvalue weighted by Crippen LogP contribution is -2.21. The van der Waals surface area contributed by atoms with Gasteiger partial charge in [-0.1, -0.05) is 36.4 Å². The van der Waals surface area contributed by atoms with Crippen LogP contribution in [0.15, 0.2) is 84.1 Å². The largest absolute Gasteiger partial charge is 0.490 e. The molecule has 0 fully saturated rings. The molecule has 3 rings (SSSR count). The fourth-order valence-electron chi connectivity index (χ4n) is 2.44. The van der Waals surface area contributed by atoms with Crippen LogP contribution in [0.5, 0.6) is 11.5 Å². The lowest BCUT2D eigenvalue weighted by Gasteiger charge is -2.11. The Kier molecular flexibility index (Phi) is 6.73. The highest BCUT2D eigenvalue weighted by Gasteiger charge is 2.12. The molecule has 0 aliphatic heterocycles. The van der Waals surface area contributed by atoms with Crippen LogP contribution < -0.4 is 14.9 Å². The number of nitrogens with one attached hydrogen (secondary N) is 1. The fraction of sp³-hybridized carbons (Fsp3) is 0.136. The van der Waals surface area contributed by atoms with Crippen molar-refractivity contribution in [3.05, 3.63) is 90.3 Å². The van der Waals surface area contributed by atoms with Gasteiger partial charge < -0.3 is 9.47 Å². The van der Waals surface area contributed by atoms with Gasteiger partial charge in [0, 0.05) is 6.20 Å². The maximum absolute atomic E-state index is 12.5. The molecule has 1 amide bonds. The second-order valence-corrected chi connectivity index (χ2v) is 5.86. The van der Waals surface area contributed by atoms with E-state index in [9.17, 15) is 4.79 Å². The highest BCUT2D eigenvalue weighted by Crippen LogP contribution is 2.18. The van der Waals surface area contributed by atoms with Crippen LogP contribution in [0.2, 0.25) is 0 Å². The van der Waals surface area contributed by atoms with Crippen LogP contribution in [0, 0.1) is 0 Å². The van der Waals surface area contributed by atoms with Gasteiger partial charge in [-0.25, -0.2) is 5.43 Å². The first kappa shape index (κ1) is 19.1. The number of carbonyl (C=O) groups is 1. The minimum Gasteiger partial charge on any atom is -0.490 e. The molecule has 28 heavy (non-hydrogen) atoms. The predicted octanol–water partition coefficient (Wildman–Crippen LogP) is 3.69. The molecule has 2 aromatic carbocycles. The molecule has 0 atom stereocenters. The van der Waals surface area contributed by atoms with Gasteiger partial charge in [-0.05, 0) is 43.3 Å². The minimum absolute atomic E-state index is 0.315. The number of aromatic nitrogens is 1. The minimum atomic E-state index is -0.352. The Morgan fingerprint density at radius 1 is 0.929 bits per heavy atom. The Morgan fingerprint density at radius 2 is 1.64 bits per heavy atom. The van der Waals surface area contributed by atoms with Crippen molar-refractivity contribution in [1.29, 1.82) is 0 Å². The van der Waals surface area contributed by atoms with E-state index in [0.717, 1.165) is 5.75 Å². The van der Waals surface area contributed by atoms with Crippen LogP contribution in [-0.4, -0.2) is 29.8 Å². The summed E-state index contributed by atoms with van der Waals surface area (Å²) in [5.41, 5.74) is 4.27. The molecule has 0 saturated carbocycles. The average Bonchev–Trinajstić information content (AvgIpc) is 2.76. The van der Waals surface area contributed by atoms with Crippen LogP contribution in [-0.2, 0) is 0 Å². The van der Waals surface area contributed by atoms with Gasteiger partial charge in [0.15, 0.2) is 0 Å². The van der Waals surface area contributed by atoms with E-state index >= 15 is 0 Å². The number of carbonyl (C=O) groups excluding carboxylic acids is 1. The number of hydrogen-bond donors (Lipinski definition) is 1. The van der Waals surface area contributed by atoms with Gasteiger partial charge in [0.2, 0.25) is 0 Å².